The van der Waals surface area contributed by atoms with Gasteiger partial charge in [-0.15, -0.1) is 0 Å². The van der Waals surface area contributed by atoms with Crippen LogP contribution >= 0.6 is 11.6 Å². The summed E-state index contributed by atoms with van der Waals surface area (Å²) in [6, 6.07) is 4.24. The summed E-state index contributed by atoms with van der Waals surface area (Å²) in [5.41, 5.74) is -0.432. The van der Waals surface area contributed by atoms with E-state index in [1.54, 1.807) is 6.92 Å². The minimum atomic E-state index is -3.76. The van der Waals surface area contributed by atoms with Crippen LogP contribution in [0.3, 0.4) is 0 Å². The highest BCUT2D eigenvalue weighted by molar-refractivity contribution is 6.65. The highest BCUT2D eigenvalue weighted by atomic mass is 35.5. The van der Waals surface area contributed by atoms with Crippen molar-refractivity contribution in [1.82, 2.24) is 0 Å². The molecule has 0 saturated carbocycles. The van der Waals surface area contributed by atoms with E-state index in [1.807, 2.05) is 0 Å². The molecule has 0 aromatic heterocycles. The van der Waals surface area contributed by atoms with E-state index in [0.29, 0.717) is 0 Å². The van der Waals surface area contributed by atoms with Gasteiger partial charge in [0.2, 0.25) is 0 Å². The van der Waals surface area contributed by atoms with Gasteiger partial charge in [0, 0.05) is 5.56 Å². The number of hydrogen-bond acceptors (Lipinski definition) is 3. The van der Waals surface area contributed by atoms with Gasteiger partial charge in [0.15, 0.2) is 0 Å². The predicted octanol–water partition coefficient (Wildman–Crippen LogP) is 2.72. The molecule has 92 valence electrons. The summed E-state index contributed by atoms with van der Waals surface area (Å²) in [6.07, 6.45) is 0. The molecule has 0 aliphatic carbocycles. The first-order valence-corrected chi connectivity index (χ1v) is 5.12. The van der Waals surface area contributed by atoms with Gasteiger partial charge in [-0.05, 0) is 30.7 Å². The van der Waals surface area contributed by atoms with Crippen LogP contribution in [0, 0.1) is 0 Å². The van der Waals surface area contributed by atoms with Crippen molar-refractivity contribution >= 4 is 22.8 Å². The van der Waals surface area contributed by atoms with Gasteiger partial charge >= 0.3 is 11.9 Å². The molecule has 1 aromatic carbocycles. The lowest BCUT2D eigenvalue weighted by Gasteiger charge is -2.11. The Bertz CT molecular complexity index is 429. The Morgan fingerprint density at radius 1 is 1.29 bits per heavy atom. The van der Waals surface area contributed by atoms with Gasteiger partial charge in [-0.1, -0.05) is 12.1 Å². The molecule has 3 nitrogen and oxygen atoms in total. The SMILES string of the molecule is CCOC(=O)c1ccc(C(F)(F)C(=O)Cl)cc1. The molecule has 0 heterocycles. The second kappa shape index (κ2) is 5.23. The zero-order chi connectivity index (χ0) is 13.1. The van der Waals surface area contributed by atoms with Gasteiger partial charge < -0.3 is 4.74 Å². The van der Waals surface area contributed by atoms with E-state index >= 15 is 0 Å². The molecule has 0 spiro atoms. The molecule has 17 heavy (non-hydrogen) atoms. The van der Waals surface area contributed by atoms with E-state index in [9.17, 15) is 18.4 Å². The molecule has 0 aliphatic heterocycles. The summed E-state index contributed by atoms with van der Waals surface area (Å²) in [7, 11) is 0. The molecule has 0 bridgehead atoms. The molecule has 0 amide bonds. The third-order valence-electron chi connectivity index (χ3n) is 2.01. The van der Waals surface area contributed by atoms with Crippen LogP contribution in [-0.4, -0.2) is 17.8 Å². The first-order chi connectivity index (χ1) is 7.89. The van der Waals surface area contributed by atoms with E-state index < -0.39 is 22.7 Å². The van der Waals surface area contributed by atoms with Crippen molar-refractivity contribution < 1.29 is 23.1 Å². The maximum atomic E-state index is 13.2. The quantitative estimate of drug-likeness (QED) is 0.619. The van der Waals surface area contributed by atoms with Crippen LogP contribution in [0.4, 0.5) is 8.78 Å². The van der Waals surface area contributed by atoms with Crippen LogP contribution in [0.15, 0.2) is 24.3 Å². The molecule has 0 aliphatic rings. The minimum absolute atomic E-state index is 0.133. The van der Waals surface area contributed by atoms with E-state index in [1.165, 1.54) is 0 Å². The molecule has 0 unspecified atom stereocenters. The molecule has 6 heteroatoms. The van der Waals surface area contributed by atoms with Crippen molar-refractivity contribution in [2.45, 2.75) is 12.8 Å². The summed E-state index contributed by atoms with van der Waals surface area (Å²) < 4.78 is 31.0. The first-order valence-electron chi connectivity index (χ1n) is 4.75. The highest BCUT2D eigenvalue weighted by Gasteiger charge is 2.39. The fraction of sp³-hybridized carbons (Fsp3) is 0.273. The third-order valence-corrected chi connectivity index (χ3v) is 2.24. The van der Waals surface area contributed by atoms with Crippen LogP contribution in [0.5, 0.6) is 0 Å². The van der Waals surface area contributed by atoms with Gasteiger partial charge in [-0.2, -0.15) is 8.78 Å². The van der Waals surface area contributed by atoms with Crippen LogP contribution in [0.1, 0.15) is 22.8 Å². The Hall–Kier alpha value is -1.49. The molecule has 0 atom stereocenters. The van der Waals surface area contributed by atoms with Crippen LogP contribution in [0.2, 0.25) is 0 Å². The lowest BCUT2D eigenvalue weighted by molar-refractivity contribution is -0.135. The summed E-state index contributed by atoms with van der Waals surface area (Å²) >= 11 is 4.78. The van der Waals surface area contributed by atoms with Crippen LogP contribution in [0.25, 0.3) is 0 Å². The van der Waals surface area contributed by atoms with E-state index in [4.69, 9.17) is 11.6 Å². The van der Waals surface area contributed by atoms with Crippen molar-refractivity contribution in [2.24, 2.45) is 0 Å². The van der Waals surface area contributed by atoms with Gasteiger partial charge in [0.1, 0.15) is 0 Å². The van der Waals surface area contributed by atoms with Crippen molar-refractivity contribution in [2.75, 3.05) is 6.61 Å². The smallest absolute Gasteiger partial charge is 0.345 e. The molecular formula is C11H9ClF2O3. The fourth-order valence-corrected chi connectivity index (χ4v) is 1.25. The van der Waals surface area contributed by atoms with Crippen molar-refractivity contribution in [1.29, 1.82) is 0 Å². The van der Waals surface area contributed by atoms with Crippen molar-refractivity contribution in [3.63, 3.8) is 0 Å². The average molecular weight is 263 g/mol. The second-order valence-electron chi connectivity index (χ2n) is 3.15. The molecule has 0 saturated heterocycles. The summed E-state index contributed by atoms with van der Waals surface area (Å²) in [6.45, 7) is 1.82. The Balaban J connectivity index is 2.96. The molecule has 1 aromatic rings. The number of alkyl halides is 2. The van der Waals surface area contributed by atoms with Crippen molar-refractivity contribution in [3.8, 4) is 0 Å². The minimum Gasteiger partial charge on any atom is -0.462 e. The van der Waals surface area contributed by atoms with Gasteiger partial charge in [-0.3, -0.25) is 4.79 Å². The first kappa shape index (κ1) is 13.6. The highest BCUT2D eigenvalue weighted by Crippen LogP contribution is 2.30. The maximum Gasteiger partial charge on any atom is 0.345 e. The number of carbonyl (C=O) groups excluding carboxylic acids is 2. The van der Waals surface area contributed by atoms with E-state index in [-0.39, 0.29) is 12.2 Å². The molecule has 0 N–H and O–H groups in total. The molecule has 1 rings (SSSR count). The lowest BCUT2D eigenvalue weighted by Crippen LogP contribution is -2.21. The Morgan fingerprint density at radius 3 is 2.24 bits per heavy atom. The number of ether oxygens (including phenoxy) is 1. The number of rotatable bonds is 4. The van der Waals surface area contributed by atoms with Crippen LogP contribution in [-0.2, 0) is 15.5 Å². The summed E-state index contributed by atoms with van der Waals surface area (Å²) in [4.78, 5) is 21.7. The van der Waals surface area contributed by atoms with E-state index in [2.05, 4.69) is 4.74 Å². The summed E-state index contributed by atoms with van der Waals surface area (Å²) in [5, 5.41) is -1.76. The van der Waals surface area contributed by atoms with Crippen molar-refractivity contribution in [3.05, 3.63) is 35.4 Å². The lowest BCUT2D eigenvalue weighted by atomic mass is 10.1. The topological polar surface area (TPSA) is 43.4 Å². The molecular weight excluding hydrogens is 254 g/mol. The fourth-order valence-electron chi connectivity index (χ4n) is 1.14. The number of hydrogen-bond donors (Lipinski definition) is 0. The monoisotopic (exact) mass is 262 g/mol. The zero-order valence-electron chi connectivity index (χ0n) is 8.88. The van der Waals surface area contributed by atoms with E-state index in [0.717, 1.165) is 24.3 Å². The van der Waals surface area contributed by atoms with Gasteiger partial charge in [-0.25, -0.2) is 4.79 Å². The number of carbonyl (C=O) groups is 2. The normalized spacial score (nSPS) is 11.1. The average Bonchev–Trinajstić information content (AvgIpc) is 2.29. The Labute approximate surface area is 101 Å². The Morgan fingerprint density at radius 2 is 1.82 bits per heavy atom. The largest absolute Gasteiger partial charge is 0.462 e. The standard InChI is InChI=1S/C11H9ClF2O3/c1-2-17-9(15)7-3-5-8(6-4-7)11(13,14)10(12)16/h3-6H,2H2,1H3. The molecule has 0 fully saturated rings. The molecule has 0 radical (unpaired) electrons. The number of esters is 1. The predicted molar refractivity (Wildman–Crippen MR) is 57.2 cm³/mol. The second-order valence-corrected chi connectivity index (χ2v) is 3.49. The maximum absolute atomic E-state index is 13.2. The summed E-state index contributed by atoms with van der Waals surface area (Å²) in [5.74, 6) is -4.37. The van der Waals surface area contributed by atoms with Crippen LogP contribution < -0.4 is 0 Å². The van der Waals surface area contributed by atoms with Gasteiger partial charge in [0.05, 0.1) is 12.2 Å². The Kier molecular flexibility index (Phi) is 4.17. The number of halogens is 3. The van der Waals surface area contributed by atoms with Gasteiger partial charge in [0.25, 0.3) is 5.24 Å². The number of benzene rings is 1. The third kappa shape index (κ3) is 3.00. The zero-order valence-corrected chi connectivity index (χ0v) is 9.63.